The van der Waals surface area contributed by atoms with Crippen LogP contribution in [0.2, 0.25) is 0 Å². The standard InChI is InChI=1S/2C11H16FN2O4P.C10H13FIN2O4P.C10H13FN2O5.C10H14FN2O4P.C9H10FIN2O5.C9H11FN2O5.C5H8O.CH3I.CH3.Li.4H2/c2*1-5-3-14(11(16)13-9(5)15)10-8(12)6(2)7(18-10)4-17-19;1-4-6(3-17-19)18-9(7(4)11)14-2-5(12)8(15)13-10(14)16;1-4-2-13(10(17)12-8(4)16)9-6(11)7(15)5(3-14)18-9;1-5-6(4-16-18)17-9(8(5)11)13-3-2-7(14)12-10(13)15;10-5-6(15)4(2-14)18-8(5)13-1-3(11)7(16)12-9(13)17;10-6-7(15)4(3-13)17-8(6)12-2-1-5(14)11-9(12)16;1-2-4-6-5-3-1;1-2;;;;;;/h2*3,6-8,10H,4,19H2,1-2H3,(H,13,15,16);2,4,6-7,9H,3,19H2,1H3,(H,13,15,16);2,5-7,9,14-15H,3H2,1H3,(H,12,16,17);2-3,5-6,8-9H,4,18H2,1H3,(H,12,14,15);1,4-6,8,14-15H,2H2,(H,12,16,17);1-2,4,6-8,13,15H,3H2,(H,11,14,16);2,4H,1,3,5H2;1H3;1H3;;4*1H/q;;;;;;;;;-1;+1;;;;/i;;;;;;;;;;;4*1+2. The van der Waals surface area contributed by atoms with Crippen LogP contribution in [0.1, 0.15) is 107 Å². The van der Waals surface area contributed by atoms with E-state index in [1.807, 2.05) is 26.0 Å². The Hall–Kier alpha value is -6.36. The molecule has 7 fully saturated rings. The van der Waals surface area contributed by atoms with Gasteiger partial charge >= 0.3 is 58.7 Å². The molecule has 61 heteroatoms. The van der Waals surface area contributed by atoms with Gasteiger partial charge in [0, 0.05) is 139 Å². The first-order valence-electron chi connectivity index (χ1n) is 40.8. The van der Waals surface area contributed by atoms with Crippen molar-refractivity contribution in [2.75, 3.05) is 57.8 Å². The van der Waals surface area contributed by atoms with Crippen LogP contribution in [-0.2, 0) is 56.0 Å². The Morgan fingerprint density at radius 2 is 0.601 bits per heavy atom. The number of alkyl halides is 8. The SMILES string of the molecule is C1=COCCC1.CC1C(COP)OC(n2cc(I)c(=O)[nH]c2=O)C1F.CC1C(COP)OC(n2ccc(=O)[nH]c2=O)C1F.CI.Cc1cn(C2OC(CO)C(O)C2F)c(=O)[nH]c1=O.Cc1cn(C2OC(COP)C(C)C2F)c(=O)[nH]c1=O.Cc1cn(C2OC(COP)C(C)C2F)c(=O)[nH]c1=O.O=c1[nH]c(=O)n(C2OC(CO)C(O)C2F)cc1I.O=c1ccn(C2OC(CO)C(O)C2F)c(=O)[nH]1.[3HH].[3HH].[3HH].[3HH].[CH3-].[Li+]. The average molecular weight is 2400 g/mol. The van der Waals surface area contributed by atoms with E-state index in [4.69, 9.17) is 71.3 Å². The fourth-order valence-electron chi connectivity index (χ4n) is 14.0. The van der Waals surface area contributed by atoms with E-state index in [9.17, 15) is 113 Å². The molecule has 0 spiro atoms. The number of aromatic nitrogens is 14. The molecule has 0 radical (unpaired) electrons. The Labute approximate surface area is 844 Å². The smallest absolute Gasteiger partial charge is 0.502 e. The maximum absolute atomic E-state index is 14.2. The molecule has 8 aliphatic rings. The van der Waals surface area contributed by atoms with Gasteiger partial charge in [-0.25, -0.2) is 64.3 Å². The number of H-pyrrole nitrogens is 7. The molecule has 8 aliphatic heterocycles. The molecule has 7 aromatic heterocycles. The molecule has 15 heterocycles. The summed E-state index contributed by atoms with van der Waals surface area (Å²) in [7, 11) is 8.32. The van der Waals surface area contributed by atoms with Crippen molar-refractivity contribution >= 4 is 106 Å². The van der Waals surface area contributed by atoms with Crippen LogP contribution in [-0.4, -0.2) is 260 Å². The topological polar surface area (TPSA) is 616 Å². The fraction of sp³-hybridized carbons (Fsp3) is 0.597. The van der Waals surface area contributed by atoms with Crippen molar-refractivity contribution in [3.05, 3.63) is 245 Å². The Balaban J connectivity index is 0.000000811. The zero-order valence-electron chi connectivity index (χ0n) is 75.1. The Morgan fingerprint density at radius 3 is 0.812 bits per heavy atom. The number of aliphatic hydroxyl groups is 6. The fourth-order valence-corrected chi connectivity index (χ4v) is 15.6. The van der Waals surface area contributed by atoms with E-state index in [0.29, 0.717) is 14.7 Å². The zero-order valence-corrected chi connectivity index (χ0v) is 86.2. The van der Waals surface area contributed by atoms with Crippen LogP contribution in [0.5, 0.6) is 0 Å². The Kier molecular flexibility index (Phi) is 50.8. The number of allylic oxidation sites excluding steroid dienone is 1. The molecule has 32 unspecified atom stereocenters. The third kappa shape index (κ3) is 30.9. The van der Waals surface area contributed by atoms with Crippen molar-refractivity contribution in [3.63, 3.8) is 0 Å². The first kappa shape index (κ1) is 122. The van der Waals surface area contributed by atoms with E-state index >= 15 is 0 Å². The van der Waals surface area contributed by atoms with Crippen LogP contribution in [0.15, 0.2) is 135 Å². The van der Waals surface area contributed by atoms with Crippen LogP contribution in [0.4, 0.5) is 30.7 Å². The van der Waals surface area contributed by atoms with Crippen LogP contribution < -0.4 is 97.6 Å². The quantitative estimate of drug-likeness (QED) is 0.0112. The number of ether oxygens (including phenoxy) is 8. The van der Waals surface area contributed by atoms with Gasteiger partial charge in [-0.3, -0.25) is 100 Å². The van der Waals surface area contributed by atoms with Crippen molar-refractivity contribution in [1.82, 2.24) is 66.9 Å². The maximum atomic E-state index is 14.2. The summed E-state index contributed by atoms with van der Waals surface area (Å²) in [4.78, 5) is 176. The summed E-state index contributed by atoms with van der Waals surface area (Å²) >= 11 is 5.61. The summed E-state index contributed by atoms with van der Waals surface area (Å²) in [5.41, 5.74) is -8.09. The molecule has 15 rings (SSSR count). The van der Waals surface area contributed by atoms with Crippen molar-refractivity contribution < 1.29 is 142 Å². The second kappa shape index (κ2) is 57.4. The number of aromatic amines is 7. The molecule has 7 aromatic rings. The minimum atomic E-state index is -1.86. The monoisotopic (exact) mass is 2400 g/mol. The number of nitrogens with zero attached hydrogens (tertiary/aromatic N) is 7. The minimum Gasteiger partial charge on any atom is -0.502 e. The molecule has 46 nitrogen and oxygen atoms in total. The number of hydrogen-bond donors (Lipinski definition) is 13. The predicted octanol–water partition coefficient (Wildman–Crippen LogP) is -1.83. The predicted molar refractivity (Wildman–Crippen MR) is 518 cm³/mol. The van der Waals surface area contributed by atoms with Gasteiger partial charge in [0.2, 0.25) is 0 Å². The van der Waals surface area contributed by atoms with E-state index in [1.54, 1.807) is 93.0 Å². The van der Waals surface area contributed by atoms with E-state index in [2.05, 4.69) is 80.4 Å². The summed E-state index contributed by atoms with van der Waals surface area (Å²) in [6, 6.07) is 2.19. The summed E-state index contributed by atoms with van der Waals surface area (Å²) in [5.74, 6) is -1.59. The summed E-state index contributed by atoms with van der Waals surface area (Å²) in [6.45, 7) is 11.4. The van der Waals surface area contributed by atoms with E-state index in [1.165, 1.54) is 44.6 Å². The van der Waals surface area contributed by atoms with Gasteiger partial charge in [0.15, 0.2) is 86.8 Å². The molecule has 32 atom stereocenters. The second-order valence-electron chi connectivity index (χ2n) is 31.0. The molecule has 138 heavy (non-hydrogen) atoms. The van der Waals surface area contributed by atoms with Gasteiger partial charge in [-0.05, 0) is 89.8 Å². The molecule has 0 bridgehead atoms. The summed E-state index contributed by atoms with van der Waals surface area (Å²) in [5, 5.41) is 54.9. The first-order valence-corrected chi connectivity index (χ1v) is 47.0. The number of nitrogens with one attached hydrogen (secondary N) is 7. The van der Waals surface area contributed by atoms with Crippen LogP contribution >= 0.6 is 106 Å². The molecule has 0 aliphatic carbocycles. The first-order chi connectivity index (χ1) is 64.3. The normalized spacial score (nSPS) is 30.1. The largest absolute Gasteiger partial charge is 1.00 e. The van der Waals surface area contributed by atoms with Gasteiger partial charge in [-0.15, -0.1) is 0 Å². The molecule has 7 saturated heterocycles. The zero-order chi connectivity index (χ0) is 101. The van der Waals surface area contributed by atoms with E-state index in [0.717, 1.165) is 69.3 Å². The van der Waals surface area contributed by atoms with Gasteiger partial charge in [0.1, 0.15) is 36.6 Å². The molecule has 776 valence electrons. The van der Waals surface area contributed by atoms with Crippen molar-refractivity contribution in [3.8, 4) is 0 Å². The van der Waals surface area contributed by atoms with Crippen molar-refractivity contribution in [2.45, 2.75) is 209 Å². The number of aliphatic hydroxyl groups excluding tert-OH is 6. The minimum absolute atomic E-state index is 0. The van der Waals surface area contributed by atoms with E-state index in [-0.39, 0.29) is 67.6 Å². The van der Waals surface area contributed by atoms with E-state index < -0.39 is 270 Å². The van der Waals surface area contributed by atoms with Gasteiger partial charge in [-0.2, -0.15) is 0 Å². The molecular weight excluding hydrogens is 2280 g/mol. The van der Waals surface area contributed by atoms with Crippen molar-refractivity contribution in [2.24, 2.45) is 23.7 Å². The summed E-state index contributed by atoms with van der Waals surface area (Å²) in [6.07, 6.45) is -14.0. The van der Waals surface area contributed by atoms with Gasteiger partial charge < -0.3 is 94.1 Å². The molecule has 0 aromatic carbocycles. The van der Waals surface area contributed by atoms with Crippen molar-refractivity contribution in [1.29, 1.82) is 0 Å². The number of hydrogen-bond acceptors (Lipinski definition) is 32. The second-order valence-corrected chi connectivity index (χ2v) is 34.7. The molecule has 13 N–H and O–H groups in total. The van der Waals surface area contributed by atoms with Gasteiger partial charge in [0.25, 0.3) is 38.9 Å². The number of rotatable bonds is 18. The third-order valence-corrected chi connectivity index (χ3v) is 24.2. The molecular formula is C77H115F7I3LiN14O32P4. The molecule has 0 amide bonds. The Bertz CT molecular complexity index is 5700. The summed E-state index contributed by atoms with van der Waals surface area (Å²) < 4.78 is 167. The molecule has 0 saturated carbocycles. The number of halogens is 10. The average Bonchev–Trinajstić information content (AvgIpc) is 1.63. The van der Waals surface area contributed by atoms with Gasteiger partial charge in [-0.1, -0.05) is 50.3 Å². The van der Waals surface area contributed by atoms with Gasteiger partial charge in [0.05, 0.1) is 90.7 Å². The Morgan fingerprint density at radius 1 is 0.377 bits per heavy atom. The number of aryl methyl sites for hydroxylation is 3. The third-order valence-electron chi connectivity index (χ3n) is 21.9. The van der Waals surface area contributed by atoms with Crippen LogP contribution in [0.25, 0.3) is 0 Å². The van der Waals surface area contributed by atoms with Crippen LogP contribution in [0, 0.1) is 59.0 Å². The van der Waals surface area contributed by atoms with Crippen LogP contribution in [0.3, 0.4) is 0 Å². The maximum Gasteiger partial charge on any atom is 1.00 e.